The zero-order valence-corrected chi connectivity index (χ0v) is 15.1. The molecule has 142 valence electrons. The number of hydrazine groups is 1. The zero-order valence-electron chi connectivity index (χ0n) is 15.1. The average Bonchev–Trinajstić information content (AvgIpc) is 3.14. The van der Waals surface area contributed by atoms with E-state index in [1.54, 1.807) is 13.8 Å². The summed E-state index contributed by atoms with van der Waals surface area (Å²) in [6.45, 7) is 4.21. The first kappa shape index (κ1) is 19.7. The van der Waals surface area contributed by atoms with E-state index in [2.05, 4.69) is 10.7 Å². The van der Waals surface area contributed by atoms with Crippen molar-refractivity contribution in [1.29, 1.82) is 0 Å². The monoisotopic (exact) mass is 362 g/mol. The number of hydrogen-bond acceptors (Lipinski definition) is 5. The van der Waals surface area contributed by atoms with Crippen molar-refractivity contribution in [3.8, 4) is 0 Å². The lowest BCUT2D eigenvalue weighted by Crippen LogP contribution is -2.56. The number of nitrogens with two attached hydrogens (primary N) is 1. The molecule has 0 saturated carbocycles. The lowest BCUT2D eigenvalue weighted by Gasteiger charge is -2.26. The molecule has 1 aliphatic rings. The van der Waals surface area contributed by atoms with E-state index < -0.39 is 24.1 Å². The molecule has 0 aliphatic carbocycles. The number of ether oxygens (including phenoxy) is 1. The van der Waals surface area contributed by atoms with E-state index in [0.717, 1.165) is 5.56 Å². The molecule has 2 rings (SSSR count). The third-order valence-corrected chi connectivity index (χ3v) is 4.38. The Hall–Kier alpha value is -2.61. The maximum Gasteiger partial charge on any atom is 0.410 e. The Morgan fingerprint density at radius 2 is 1.96 bits per heavy atom. The third kappa shape index (κ3) is 4.95. The summed E-state index contributed by atoms with van der Waals surface area (Å²) >= 11 is 0. The van der Waals surface area contributed by atoms with E-state index in [-0.39, 0.29) is 18.4 Å². The molecule has 1 fully saturated rings. The van der Waals surface area contributed by atoms with Crippen LogP contribution in [-0.4, -0.2) is 41.4 Å². The van der Waals surface area contributed by atoms with E-state index in [1.165, 1.54) is 4.90 Å². The maximum absolute atomic E-state index is 12.6. The summed E-state index contributed by atoms with van der Waals surface area (Å²) in [5, 5.41) is 2.69. The molecule has 0 radical (unpaired) electrons. The zero-order chi connectivity index (χ0) is 19.1. The molecule has 1 heterocycles. The van der Waals surface area contributed by atoms with Gasteiger partial charge in [-0.05, 0) is 24.3 Å². The minimum atomic E-state index is -0.754. The highest BCUT2D eigenvalue weighted by Crippen LogP contribution is 2.19. The van der Waals surface area contributed by atoms with Gasteiger partial charge in [0, 0.05) is 6.54 Å². The molecule has 8 nitrogen and oxygen atoms in total. The summed E-state index contributed by atoms with van der Waals surface area (Å²) in [4.78, 5) is 38.2. The predicted octanol–water partition coefficient (Wildman–Crippen LogP) is 0.918. The fourth-order valence-corrected chi connectivity index (χ4v) is 2.93. The standard InChI is InChI=1S/C18H26N4O4/c1-12(2)15(17(24)21-19)20-16(23)14-9-6-10-22(14)18(25)26-11-13-7-4-3-5-8-13/h3-5,7-8,12,14-15H,6,9-11,19H2,1-2H3,(H,20,23)(H,21,24)/t14-,15+/m1/s1. The summed E-state index contributed by atoms with van der Waals surface area (Å²) in [7, 11) is 0. The van der Waals surface area contributed by atoms with Crippen LogP contribution in [0.25, 0.3) is 0 Å². The Morgan fingerprint density at radius 1 is 1.27 bits per heavy atom. The van der Waals surface area contributed by atoms with Crippen molar-refractivity contribution in [2.24, 2.45) is 11.8 Å². The van der Waals surface area contributed by atoms with Gasteiger partial charge in [-0.15, -0.1) is 0 Å². The van der Waals surface area contributed by atoms with Crippen LogP contribution in [0, 0.1) is 5.92 Å². The molecule has 1 aromatic rings. The number of amides is 3. The first-order valence-corrected chi connectivity index (χ1v) is 8.72. The van der Waals surface area contributed by atoms with Crippen LogP contribution in [-0.2, 0) is 20.9 Å². The van der Waals surface area contributed by atoms with Gasteiger partial charge in [0.05, 0.1) is 0 Å². The van der Waals surface area contributed by atoms with E-state index in [1.807, 2.05) is 30.3 Å². The average molecular weight is 362 g/mol. The highest BCUT2D eigenvalue weighted by Gasteiger charge is 2.37. The van der Waals surface area contributed by atoms with Crippen molar-refractivity contribution < 1.29 is 19.1 Å². The first-order valence-electron chi connectivity index (χ1n) is 8.72. The summed E-state index contributed by atoms with van der Waals surface area (Å²) < 4.78 is 5.32. The SMILES string of the molecule is CC(C)[C@H](NC(=O)[C@H]1CCCN1C(=O)OCc1ccccc1)C(=O)NN. The topological polar surface area (TPSA) is 114 Å². The maximum atomic E-state index is 12.6. The smallest absolute Gasteiger partial charge is 0.410 e. The van der Waals surface area contributed by atoms with Crippen molar-refractivity contribution in [3.05, 3.63) is 35.9 Å². The number of likely N-dealkylation sites (tertiary alicyclic amines) is 1. The van der Waals surface area contributed by atoms with Crippen LogP contribution in [0.4, 0.5) is 4.79 Å². The van der Waals surface area contributed by atoms with Gasteiger partial charge in [-0.1, -0.05) is 44.2 Å². The Morgan fingerprint density at radius 3 is 2.58 bits per heavy atom. The number of rotatable bonds is 6. The summed E-state index contributed by atoms with van der Waals surface area (Å²) in [5.41, 5.74) is 2.93. The van der Waals surface area contributed by atoms with Crippen LogP contribution >= 0.6 is 0 Å². The Labute approximate surface area is 153 Å². The van der Waals surface area contributed by atoms with Crippen molar-refractivity contribution in [1.82, 2.24) is 15.6 Å². The number of nitrogens with zero attached hydrogens (tertiary/aromatic N) is 1. The van der Waals surface area contributed by atoms with Crippen LogP contribution in [0.1, 0.15) is 32.3 Å². The second-order valence-electron chi connectivity index (χ2n) is 6.63. The predicted molar refractivity (Wildman–Crippen MR) is 95.5 cm³/mol. The molecule has 2 atom stereocenters. The van der Waals surface area contributed by atoms with Crippen molar-refractivity contribution in [2.45, 2.75) is 45.4 Å². The fourth-order valence-electron chi connectivity index (χ4n) is 2.93. The van der Waals surface area contributed by atoms with Crippen LogP contribution in [0.2, 0.25) is 0 Å². The second kappa shape index (κ2) is 9.19. The van der Waals surface area contributed by atoms with Crippen LogP contribution in [0.3, 0.4) is 0 Å². The van der Waals surface area contributed by atoms with E-state index in [0.29, 0.717) is 19.4 Å². The largest absolute Gasteiger partial charge is 0.445 e. The second-order valence-corrected chi connectivity index (χ2v) is 6.63. The lowest BCUT2D eigenvalue weighted by molar-refractivity contribution is -0.132. The van der Waals surface area contributed by atoms with Gasteiger partial charge < -0.3 is 10.1 Å². The normalized spacial score (nSPS) is 17.7. The van der Waals surface area contributed by atoms with Gasteiger partial charge in [0.15, 0.2) is 0 Å². The number of carbonyl (C=O) groups is 3. The van der Waals surface area contributed by atoms with Gasteiger partial charge in [-0.2, -0.15) is 0 Å². The number of benzene rings is 1. The Kier molecular flexibility index (Phi) is 6.97. The summed E-state index contributed by atoms with van der Waals surface area (Å²) in [5.74, 6) is 4.20. The van der Waals surface area contributed by atoms with Crippen LogP contribution in [0.15, 0.2) is 30.3 Å². The molecular weight excluding hydrogens is 336 g/mol. The van der Waals surface area contributed by atoms with Gasteiger partial charge >= 0.3 is 6.09 Å². The number of carbonyl (C=O) groups excluding carboxylic acids is 3. The quantitative estimate of drug-likeness (QED) is 0.396. The van der Waals surface area contributed by atoms with E-state index in [9.17, 15) is 14.4 Å². The Balaban J connectivity index is 1.96. The minimum Gasteiger partial charge on any atom is -0.445 e. The molecule has 1 saturated heterocycles. The molecule has 0 spiro atoms. The minimum absolute atomic E-state index is 0.137. The van der Waals surface area contributed by atoms with Gasteiger partial charge in [0.2, 0.25) is 5.91 Å². The lowest BCUT2D eigenvalue weighted by atomic mass is 10.0. The van der Waals surface area contributed by atoms with E-state index >= 15 is 0 Å². The van der Waals surface area contributed by atoms with Crippen molar-refractivity contribution >= 4 is 17.9 Å². The molecule has 0 aromatic heterocycles. The molecule has 3 amide bonds. The molecule has 26 heavy (non-hydrogen) atoms. The van der Waals surface area contributed by atoms with E-state index in [4.69, 9.17) is 10.6 Å². The molecular formula is C18H26N4O4. The molecule has 1 aromatic carbocycles. The van der Waals surface area contributed by atoms with Crippen LogP contribution < -0.4 is 16.6 Å². The Bertz CT molecular complexity index is 635. The van der Waals surface area contributed by atoms with Gasteiger partial charge in [0.25, 0.3) is 5.91 Å². The van der Waals surface area contributed by atoms with Crippen molar-refractivity contribution in [3.63, 3.8) is 0 Å². The number of hydrogen-bond donors (Lipinski definition) is 3. The highest BCUT2D eigenvalue weighted by molar-refractivity contribution is 5.91. The van der Waals surface area contributed by atoms with Gasteiger partial charge in [-0.25, -0.2) is 10.6 Å². The van der Waals surface area contributed by atoms with Crippen LogP contribution in [0.5, 0.6) is 0 Å². The van der Waals surface area contributed by atoms with Crippen molar-refractivity contribution in [2.75, 3.05) is 6.54 Å². The number of nitrogens with one attached hydrogen (secondary N) is 2. The highest BCUT2D eigenvalue weighted by atomic mass is 16.6. The summed E-state index contributed by atoms with van der Waals surface area (Å²) in [6, 6.07) is 7.93. The third-order valence-electron chi connectivity index (χ3n) is 4.38. The van der Waals surface area contributed by atoms with Gasteiger partial charge in [0.1, 0.15) is 18.7 Å². The molecule has 4 N–H and O–H groups in total. The molecule has 1 aliphatic heterocycles. The van der Waals surface area contributed by atoms with Gasteiger partial charge in [-0.3, -0.25) is 19.9 Å². The first-order chi connectivity index (χ1) is 12.4. The fraction of sp³-hybridized carbons (Fsp3) is 0.500. The molecule has 8 heteroatoms. The summed E-state index contributed by atoms with van der Waals surface area (Å²) in [6.07, 6.45) is 0.700. The molecule has 0 unspecified atom stereocenters. The molecule has 0 bridgehead atoms.